The number of unbranched alkanes of at least 4 members (excludes halogenated alkanes) is 7. The van der Waals surface area contributed by atoms with Crippen molar-refractivity contribution in [1.29, 1.82) is 0 Å². The number of carboxylic acid groups (broad SMARTS) is 1. The van der Waals surface area contributed by atoms with Crippen molar-refractivity contribution in [2.45, 2.75) is 183 Å². The average molecular weight is 787 g/mol. The molecule has 0 saturated heterocycles. The third kappa shape index (κ3) is 8.27. The smallest absolute Gasteiger partial charge is 0.326 e. The molecule has 4 saturated carbocycles. The zero-order valence-electron chi connectivity index (χ0n) is 36.8. The Morgan fingerprint density at radius 1 is 0.789 bits per heavy atom. The van der Waals surface area contributed by atoms with E-state index < -0.39 is 12.0 Å². The van der Waals surface area contributed by atoms with Gasteiger partial charge in [0.25, 0.3) is 0 Å². The molecular formula is C50H78N2O5. The molecule has 2 amide bonds. The van der Waals surface area contributed by atoms with Gasteiger partial charge in [0.15, 0.2) is 0 Å². The van der Waals surface area contributed by atoms with E-state index in [1.807, 2.05) is 30.3 Å². The highest BCUT2D eigenvalue weighted by atomic mass is 16.4. The number of rotatable bonds is 16. The molecule has 3 unspecified atom stereocenters. The van der Waals surface area contributed by atoms with Crippen LogP contribution in [0.2, 0.25) is 0 Å². The highest BCUT2D eigenvalue weighted by Gasteiger charge is 2.69. The summed E-state index contributed by atoms with van der Waals surface area (Å²) in [4.78, 5) is 38.7. The Bertz CT molecular complexity index is 1610. The molecule has 4 N–H and O–H groups in total. The number of fused-ring (bicyclic) bond motifs is 7. The second kappa shape index (κ2) is 17.5. The number of amides is 2. The van der Waals surface area contributed by atoms with Crippen LogP contribution in [0.5, 0.6) is 0 Å². The average Bonchev–Trinajstić information content (AvgIpc) is 3.17. The van der Waals surface area contributed by atoms with Crippen LogP contribution in [0.25, 0.3) is 0 Å². The lowest BCUT2D eigenvalue weighted by Crippen LogP contribution is -2.66. The predicted octanol–water partition coefficient (Wildman–Crippen LogP) is 10.4. The van der Waals surface area contributed by atoms with Crippen LogP contribution >= 0.6 is 0 Å². The minimum Gasteiger partial charge on any atom is -0.480 e. The van der Waals surface area contributed by atoms with Gasteiger partial charge in [0, 0.05) is 19.4 Å². The van der Waals surface area contributed by atoms with Crippen molar-refractivity contribution < 1.29 is 24.6 Å². The van der Waals surface area contributed by atoms with Crippen molar-refractivity contribution in [2.24, 2.45) is 56.7 Å². The maximum absolute atomic E-state index is 14.5. The molecule has 318 valence electrons. The fourth-order valence-electron chi connectivity index (χ4n) is 14.0. The summed E-state index contributed by atoms with van der Waals surface area (Å²) < 4.78 is 0. The summed E-state index contributed by atoms with van der Waals surface area (Å²) in [5, 5.41) is 26.9. The predicted molar refractivity (Wildman–Crippen MR) is 229 cm³/mol. The Morgan fingerprint density at radius 3 is 2.14 bits per heavy atom. The Hall–Kier alpha value is -2.67. The summed E-state index contributed by atoms with van der Waals surface area (Å²) in [7, 11) is 0. The van der Waals surface area contributed by atoms with Gasteiger partial charge >= 0.3 is 5.97 Å². The first-order valence-corrected chi connectivity index (χ1v) is 23.2. The minimum absolute atomic E-state index is 0.0477. The molecule has 4 fully saturated rings. The second-order valence-electron chi connectivity index (χ2n) is 21.2. The van der Waals surface area contributed by atoms with Gasteiger partial charge in [0.1, 0.15) is 6.04 Å². The van der Waals surface area contributed by atoms with Gasteiger partial charge in [-0.05, 0) is 127 Å². The first-order chi connectivity index (χ1) is 27.0. The van der Waals surface area contributed by atoms with E-state index in [1.54, 1.807) is 5.57 Å². The SMILES string of the molecule is C[C@@H]1C2C3=CCC4[C@@]5(C)CC[C@H](O)C(C)(C)C5CC[C@@]4(C)[C@]3(C)CC[C@@]2(C(=O)NCCCCCCCCCCC(=O)N[C@H](Cc2ccccc2)C(=O)O)CC[C@@H]1C. The highest BCUT2D eigenvalue weighted by Crippen LogP contribution is 2.75. The molecule has 0 spiro atoms. The van der Waals surface area contributed by atoms with Gasteiger partial charge in [-0.3, -0.25) is 9.59 Å². The van der Waals surface area contributed by atoms with Crippen LogP contribution in [-0.2, 0) is 20.8 Å². The fraction of sp³-hybridized carbons (Fsp3) is 0.780. The summed E-state index contributed by atoms with van der Waals surface area (Å²) in [6.07, 6.45) is 21.3. The van der Waals surface area contributed by atoms with Gasteiger partial charge in [-0.1, -0.05) is 129 Å². The first-order valence-electron chi connectivity index (χ1n) is 23.2. The molecule has 1 aromatic carbocycles. The molecule has 1 aromatic rings. The lowest BCUT2D eigenvalue weighted by Gasteiger charge is -2.71. The quantitative estimate of drug-likeness (QED) is 0.0984. The minimum atomic E-state index is -1.00. The standard InChI is InChI=1S/C50H78N2O5/c1-34-24-29-50(45(57)51-32-18-13-11-9-8-10-12-17-21-42(54)52-38(44(55)56)33-36-19-15-14-16-20-36)31-30-48(6)37(43(50)35(34)2)22-23-40-47(5)27-26-41(53)46(3,4)39(47)25-28-49(40,48)7/h14-16,19-20,22,34-35,38-41,43,53H,8-13,17-18,21,23-33H2,1-7H3,(H,51,57)(H,52,54)(H,55,56)/t34-,35-,38+,39?,40?,41-,43?,47-,48+,49+,50-/m0/s1. The summed E-state index contributed by atoms with van der Waals surface area (Å²) in [6, 6.07) is 8.51. The third-order valence-electron chi connectivity index (χ3n) is 18.0. The Kier molecular flexibility index (Phi) is 13.5. The summed E-state index contributed by atoms with van der Waals surface area (Å²) in [6.45, 7) is 18.1. The summed E-state index contributed by atoms with van der Waals surface area (Å²) in [5.74, 6) is 1.70. The topological polar surface area (TPSA) is 116 Å². The first kappa shape index (κ1) is 43.9. The maximum atomic E-state index is 14.5. The zero-order chi connectivity index (χ0) is 41.2. The van der Waals surface area contributed by atoms with Crippen molar-refractivity contribution >= 4 is 17.8 Å². The van der Waals surface area contributed by atoms with Gasteiger partial charge in [0.05, 0.1) is 11.5 Å². The number of nitrogens with one attached hydrogen (secondary N) is 2. The van der Waals surface area contributed by atoms with Crippen LogP contribution in [0, 0.1) is 56.7 Å². The number of hydrogen-bond donors (Lipinski definition) is 4. The molecule has 0 aromatic heterocycles. The Labute approximate surface area is 345 Å². The largest absolute Gasteiger partial charge is 0.480 e. The molecule has 5 aliphatic rings. The lowest BCUT2D eigenvalue weighted by atomic mass is 9.33. The molecule has 0 bridgehead atoms. The van der Waals surface area contributed by atoms with Crippen LogP contribution in [0.15, 0.2) is 42.0 Å². The van der Waals surface area contributed by atoms with Crippen LogP contribution in [-0.4, -0.2) is 46.7 Å². The third-order valence-corrected chi connectivity index (χ3v) is 18.0. The van der Waals surface area contributed by atoms with Crippen molar-refractivity contribution in [3.63, 3.8) is 0 Å². The number of aliphatic hydroxyl groups is 1. The van der Waals surface area contributed by atoms with E-state index in [2.05, 4.69) is 65.2 Å². The Balaban J connectivity index is 0.958. The number of allylic oxidation sites excluding steroid dienone is 2. The fourth-order valence-corrected chi connectivity index (χ4v) is 14.0. The molecule has 0 aliphatic heterocycles. The number of carbonyl (C=O) groups excluding carboxylic acids is 2. The number of aliphatic carboxylic acids is 1. The second-order valence-corrected chi connectivity index (χ2v) is 21.2. The van der Waals surface area contributed by atoms with Crippen molar-refractivity contribution in [2.75, 3.05) is 6.54 Å². The van der Waals surface area contributed by atoms with Crippen LogP contribution in [0.1, 0.15) is 170 Å². The van der Waals surface area contributed by atoms with Gasteiger partial charge in [-0.25, -0.2) is 4.79 Å². The van der Waals surface area contributed by atoms with E-state index in [-0.39, 0.29) is 45.5 Å². The summed E-state index contributed by atoms with van der Waals surface area (Å²) >= 11 is 0. The normalized spacial score (nSPS) is 37.3. The van der Waals surface area contributed by atoms with Gasteiger partial charge in [-0.15, -0.1) is 0 Å². The highest BCUT2D eigenvalue weighted by molar-refractivity contribution is 5.84. The number of hydrogen-bond acceptors (Lipinski definition) is 4. The van der Waals surface area contributed by atoms with Crippen LogP contribution in [0.3, 0.4) is 0 Å². The van der Waals surface area contributed by atoms with E-state index >= 15 is 0 Å². The molecule has 7 heteroatoms. The van der Waals surface area contributed by atoms with Crippen molar-refractivity contribution in [1.82, 2.24) is 10.6 Å². The monoisotopic (exact) mass is 787 g/mol. The summed E-state index contributed by atoms with van der Waals surface area (Å²) in [5.41, 5.74) is 2.71. The van der Waals surface area contributed by atoms with E-state index in [4.69, 9.17) is 0 Å². The van der Waals surface area contributed by atoms with E-state index in [9.17, 15) is 24.6 Å². The van der Waals surface area contributed by atoms with Crippen molar-refractivity contribution in [3.05, 3.63) is 47.5 Å². The van der Waals surface area contributed by atoms with Gasteiger partial charge in [0.2, 0.25) is 11.8 Å². The van der Waals surface area contributed by atoms with Gasteiger partial charge < -0.3 is 20.8 Å². The van der Waals surface area contributed by atoms with E-state index in [1.165, 1.54) is 12.8 Å². The van der Waals surface area contributed by atoms with Crippen LogP contribution in [0.4, 0.5) is 0 Å². The van der Waals surface area contributed by atoms with Crippen LogP contribution < -0.4 is 10.6 Å². The molecular weight excluding hydrogens is 709 g/mol. The number of carbonyl (C=O) groups is 3. The molecule has 11 atom stereocenters. The molecule has 5 aliphatic carbocycles. The maximum Gasteiger partial charge on any atom is 0.326 e. The molecule has 7 nitrogen and oxygen atoms in total. The Morgan fingerprint density at radius 2 is 1.46 bits per heavy atom. The molecule has 0 heterocycles. The van der Waals surface area contributed by atoms with E-state index in [0.29, 0.717) is 41.9 Å². The van der Waals surface area contributed by atoms with Gasteiger partial charge in [-0.2, -0.15) is 0 Å². The molecule has 57 heavy (non-hydrogen) atoms. The molecule has 0 radical (unpaired) electrons. The number of carboxylic acids is 1. The zero-order valence-corrected chi connectivity index (χ0v) is 36.8. The molecule has 6 rings (SSSR count). The lowest BCUT2D eigenvalue weighted by molar-refractivity contribution is -0.204. The van der Waals surface area contributed by atoms with E-state index in [0.717, 1.165) is 108 Å². The number of benzene rings is 1. The number of aliphatic hydroxyl groups excluding tert-OH is 1. The van der Waals surface area contributed by atoms with Crippen molar-refractivity contribution in [3.8, 4) is 0 Å².